The van der Waals surface area contributed by atoms with Gasteiger partial charge >= 0.3 is 0 Å². The number of rotatable bonds is 6. The lowest BCUT2D eigenvalue weighted by Crippen LogP contribution is -2.70. The second-order valence-electron chi connectivity index (χ2n) is 7.78. The van der Waals surface area contributed by atoms with Gasteiger partial charge in [0.1, 0.15) is 0 Å². The fourth-order valence-electron chi connectivity index (χ4n) is 4.30. The number of nitriles is 1. The van der Waals surface area contributed by atoms with E-state index in [-0.39, 0.29) is 17.8 Å². The second kappa shape index (κ2) is 6.32. The van der Waals surface area contributed by atoms with Gasteiger partial charge in [0, 0.05) is 12.5 Å². The Kier molecular flexibility index (Phi) is 4.62. The SMILES string of the molecule is CC(C)n1nnnc1C(C)(CCC#N)NC1CS(=O)(=O)C12CCCC2. The Balaban J connectivity index is 1.92. The molecule has 138 valence electrons. The van der Waals surface area contributed by atoms with E-state index in [2.05, 4.69) is 26.9 Å². The maximum Gasteiger partial charge on any atom is 0.171 e. The van der Waals surface area contributed by atoms with E-state index >= 15 is 0 Å². The van der Waals surface area contributed by atoms with Crippen LogP contribution in [0.2, 0.25) is 0 Å². The first kappa shape index (κ1) is 18.3. The zero-order valence-corrected chi connectivity index (χ0v) is 15.9. The lowest BCUT2D eigenvalue weighted by molar-refractivity contribution is 0.225. The van der Waals surface area contributed by atoms with Crippen LogP contribution in [0.25, 0.3) is 0 Å². The molecule has 9 heteroatoms. The van der Waals surface area contributed by atoms with Gasteiger partial charge in [-0.1, -0.05) is 12.8 Å². The van der Waals surface area contributed by atoms with Crippen LogP contribution in [0, 0.1) is 11.3 Å². The van der Waals surface area contributed by atoms with Crippen molar-refractivity contribution in [2.75, 3.05) is 5.75 Å². The lowest BCUT2D eigenvalue weighted by Gasteiger charge is -2.50. The van der Waals surface area contributed by atoms with Crippen molar-refractivity contribution in [1.29, 1.82) is 5.26 Å². The Morgan fingerprint density at radius 3 is 2.68 bits per heavy atom. The molecule has 25 heavy (non-hydrogen) atoms. The molecule has 1 aliphatic carbocycles. The highest BCUT2D eigenvalue weighted by Crippen LogP contribution is 2.48. The highest BCUT2D eigenvalue weighted by atomic mass is 32.2. The van der Waals surface area contributed by atoms with Crippen molar-refractivity contribution in [2.24, 2.45) is 0 Å². The van der Waals surface area contributed by atoms with Gasteiger partial charge in [0.25, 0.3) is 0 Å². The molecule has 1 aromatic rings. The lowest BCUT2D eigenvalue weighted by atomic mass is 9.89. The molecule has 0 radical (unpaired) electrons. The van der Waals surface area contributed by atoms with Gasteiger partial charge in [-0.25, -0.2) is 13.1 Å². The maximum atomic E-state index is 12.5. The first-order valence-corrected chi connectivity index (χ1v) is 10.6. The fraction of sp³-hybridized carbons (Fsp3) is 0.875. The van der Waals surface area contributed by atoms with E-state index in [0.717, 1.165) is 25.7 Å². The van der Waals surface area contributed by atoms with Crippen molar-refractivity contribution in [3.05, 3.63) is 5.82 Å². The van der Waals surface area contributed by atoms with Crippen molar-refractivity contribution in [3.63, 3.8) is 0 Å². The molecule has 2 atom stereocenters. The molecule has 1 spiro atoms. The van der Waals surface area contributed by atoms with Crippen LogP contribution in [-0.4, -0.2) is 45.2 Å². The zero-order chi connectivity index (χ0) is 18.3. The third-order valence-corrected chi connectivity index (χ3v) is 8.50. The molecule has 0 aromatic carbocycles. The Bertz CT molecular complexity index is 775. The van der Waals surface area contributed by atoms with Crippen molar-refractivity contribution in [1.82, 2.24) is 25.5 Å². The van der Waals surface area contributed by atoms with Crippen LogP contribution in [0.5, 0.6) is 0 Å². The first-order chi connectivity index (χ1) is 11.8. The predicted molar refractivity (Wildman–Crippen MR) is 92.3 cm³/mol. The average molecular weight is 366 g/mol. The van der Waals surface area contributed by atoms with Gasteiger partial charge in [0.2, 0.25) is 0 Å². The molecule has 2 fully saturated rings. The smallest absolute Gasteiger partial charge is 0.171 e. The van der Waals surface area contributed by atoms with Gasteiger partial charge in [0.15, 0.2) is 15.7 Å². The molecular formula is C16H26N6O2S. The highest BCUT2D eigenvalue weighted by Gasteiger charge is 2.62. The van der Waals surface area contributed by atoms with E-state index in [4.69, 9.17) is 5.26 Å². The number of nitrogens with one attached hydrogen (secondary N) is 1. The molecule has 2 aliphatic rings. The molecule has 2 heterocycles. The van der Waals surface area contributed by atoms with E-state index in [1.807, 2.05) is 20.8 Å². The standard InChI is InChI=1S/C16H26N6O2S/c1-12(2)22-14(19-20-21-22)15(3,7-6-10-17)18-13-11-25(23,24)16(13)8-4-5-9-16/h12-13,18H,4-9,11H2,1-3H3. The molecule has 2 unspecified atom stereocenters. The average Bonchev–Trinajstić information content (AvgIpc) is 3.22. The number of hydrogen-bond acceptors (Lipinski definition) is 7. The summed E-state index contributed by atoms with van der Waals surface area (Å²) in [7, 11) is -3.04. The normalized spacial score (nSPS) is 26.3. The minimum absolute atomic E-state index is 0.0822. The molecule has 1 N–H and O–H groups in total. The van der Waals surface area contributed by atoms with Gasteiger partial charge in [-0.2, -0.15) is 5.26 Å². The third-order valence-electron chi connectivity index (χ3n) is 5.80. The van der Waals surface area contributed by atoms with Crippen molar-refractivity contribution in [2.45, 2.75) is 81.7 Å². The molecule has 3 rings (SSSR count). The topological polar surface area (TPSA) is 114 Å². The molecule has 1 aliphatic heterocycles. The van der Waals surface area contributed by atoms with Crippen LogP contribution in [0.4, 0.5) is 0 Å². The first-order valence-electron chi connectivity index (χ1n) is 8.91. The molecular weight excluding hydrogens is 340 g/mol. The Morgan fingerprint density at radius 2 is 2.12 bits per heavy atom. The fourth-order valence-corrected chi connectivity index (χ4v) is 6.67. The maximum absolute atomic E-state index is 12.5. The summed E-state index contributed by atoms with van der Waals surface area (Å²) in [4.78, 5) is 0. The van der Waals surface area contributed by atoms with Gasteiger partial charge in [0.05, 0.1) is 28.1 Å². The largest absolute Gasteiger partial charge is 0.299 e. The number of tetrazole rings is 1. The van der Waals surface area contributed by atoms with Crippen molar-refractivity contribution >= 4 is 9.84 Å². The number of aromatic nitrogens is 4. The van der Waals surface area contributed by atoms with Crippen LogP contribution in [0.15, 0.2) is 0 Å². The van der Waals surface area contributed by atoms with Crippen LogP contribution >= 0.6 is 0 Å². The van der Waals surface area contributed by atoms with Crippen LogP contribution in [0.3, 0.4) is 0 Å². The molecule has 0 bridgehead atoms. The van der Waals surface area contributed by atoms with Gasteiger partial charge in [-0.15, -0.1) is 5.10 Å². The summed E-state index contributed by atoms with van der Waals surface area (Å²) in [6.07, 6.45) is 4.23. The number of hydrogen-bond donors (Lipinski definition) is 1. The van der Waals surface area contributed by atoms with Crippen molar-refractivity contribution in [3.8, 4) is 6.07 Å². The Labute approximate surface area is 148 Å². The van der Waals surface area contributed by atoms with E-state index in [1.165, 1.54) is 0 Å². The quantitative estimate of drug-likeness (QED) is 0.811. The minimum atomic E-state index is -3.04. The number of nitrogens with zero attached hydrogens (tertiary/aromatic N) is 5. The van der Waals surface area contributed by atoms with E-state index < -0.39 is 20.1 Å². The predicted octanol–water partition coefficient (Wildman–Crippen LogP) is 1.47. The summed E-state index contributed by atoms with van der Waals surface area (Å²) in [6, 6.07) is 2.16. The monoisotopic (exact) mass is 366 g/mol. The van der Waals surface area contributed by atoms with Gasteiger partial charge < -0.3 is 0 Å². The molecule has 1 aromatic heterocycles. The Hall–Kier alpha value is -1.53. The minimum Gasteiger partial charge on any atom is -0.299 e. The summed E-state index contributed by atoms with van der Waals surface area (Å²) in [5, 5.41) is 24.7. The summed E-state index contributed by atoms with van der Waals surface area (Å²) in [5.74, 6) is 0.813. The number of sulfone groups is 1. The Morgan fingerprint density at radius 1 is 1.44 bits per heavy atom. The molecule has 1 saturated heterocycles. The van der Waals surface area contributed by atoms with Gasteiger partial charge in [-0.05, 0) is 50.5 Å². The van der Waals surface area contributed by atoms with Crippen LogP contribution < -0.4 is 5.32 Å². The molecule has 1 saturated carbocycles. The van der Waals surface area contributed by atoms with Crippen molar-refractivity contribution < 1.29 is 8.42 Å². The summed E-state index contributed by atoms with van der Waals surface area (Å²) >= 11 is 0. The summed E-state index contributed by atoms with van der Waals surface area (Å²) < 4.78 is 26.1. The van der Waals surface area contributed by atoms with Crippen LogP contribution in [0.1, 0.15) is 71.2 Å². The highest BCUT2D eigenvalue weighted by molar-refractivity contribution is 7.94. The van der Waals surface area contributed by atoms with E-state index in [0.29, 0.717) is 18.7 Å². The van der Waals surface area contributed by atoms with Crippen LogP contribution in [-0.2, 0) is 15.4 Å². The molecule has 0 amide bonds. The second-order valence-corrected chi connectivity index (χ2v) is 10.2. The van der Waals surface area contributed by atoms with E-state index in [1.54, 1.807) is 4.68 Å². The summed E-state index contributed by atoms with van der Waals surface area (Å²) in [6.45, 7) is 5.97. The third kappa shape index (κ3) is 2.85. The summed E-state index contributed by atoms with van der Waals surface area (Å²) in [5.41, 5.74) is -0.639. The van der Waals surface area contributed by atoms with E-state index in [9.17, 15) is 8.42 Å². The zero-order valence-electron chi connectivity index (χ0n) is 15.1. The molecule has 8 nitrogen and oxygen atoms in total. The van der Waals surface area contributed by atoms with Gasteiger partial charge in [-0.3, -0.25) is 5.32 Å².